The van der Waals surface area contributed by atoms with Gasteiger partial charge in [0.15, 0.2) is 0 Å². The van der Waals surface area contributed by atoms with Crippen LogP contribution in [-0.2, 0) is 24.3 Å². The van der Waals surface area contributed by atoms with Gasteiger partial charge in [-0.3, -0.25) is 14.8 Å². The molecular weight excluding hydrogens is 627 g/mol. The zero-order valence-corrected chi connectivity index (χ0v) is 26.6. The van der Waals surface area contributed by atoms with Gasteiger partial charge >= 0.3 is 6.18 Å². The number of alkyl halides is 3. The van der Waals surface area contributed by atoms with Crippen LogP contribution in [0.15, 0.2) is 55.6 Å². The fourth-order valence-electron chi connectivity index (χ4n) is 6.39. The summed E-state index contributed by atoms with van der Waals surface area (Å²) in [6, 6.07) is 10.1. The molecule has 5 heterocycles. The molecule has 0 saturated carbocycles. The lowest BCUT2D eigenvalue weighted by molar-refractivity contribution is -0.126. The van der Waals surface area contributed by atoms with E-state index in [0.29, 0.717) is 47.8 Å². The topological polar surface area (TPSA) is 128 Å². The summed E-state index contributed by atoms with van der Waals surface area (Å²) in [6.45, 7) is 8.08. The number of nitriles is 1. The third-order valence-corrected chi connectivity index (χ3v) is 9.79. The number of aromatic amines is 1. The van der Waals surface area contributed by atoms with E-state index < -0.39 is 12.6 Å². The number of halogens is 3. The highest BCUT2D eigenvalue weighted by Gasteiger charge is 2.31. The highest BCUT2D eigenvalue weighted by Crippen LogP contribution is 2.34. The molecule has 1 aliphatic rings. The van der Waals surface area contributed by atoms with E-state index in [-0.39, 0.29) is 22.9 Å². The molecule has 2 atom stereocenters. The standard InChI is InChI=1S/C33H34F3N9OS/c1-3-30(46)38-8-6-24-10-23(43-31-28-12-26(13-33(34,35)36)47-32(28)40-19-39-31)7-9-44(24)18-22-4-5-29-27(20(22)2)11-25(14-37)45(29)17-21-15-41-42-16-21/h3-5,11-12,15-16,19,23-24H,1,6-10,13,17-18H2,2H3,(H,38,46)(H,41,42)(H,39,40,43). The van der Waals surface area contributed by atoms with Crippen LogP contribution in [0.25, 0.3) is 21.1 Å². The van der Waals surface area contributed by atoms with E-state index in [0.717, 1.165) is 58.3 Å². The van der Waals surface area contributed by atoms with Gasteiger partial charge in [0, 0.05) is 59.3 Å². The summed E-state index contributed by atoms with van der Waals surface area (Å²) in [5, 5.41) is 24.7. The molecule has 1 aromatic carbocycles. The molecule has 1 fully saturated rings. The van der Waals surface area contributed by atoms with E-state index in [2.05, 4.69) is 67.4 Å². The van der Waals surface area contributed by atoms with Crippen LogP contribution >= 0.6 is 11.3 Å². The number of likely N-dealkylation sites (tertiary alicyclic amines) is 1. The van der Waals surface area contributed by atoms with Crippen molar-refractivity contribution < 1.29 is 18.0 Å². The molecule has 0 radical (unpaired) electrons. The van der Waals surface area contributed by atoms with Crippen molar-refractivity contribution in [3.8, 4) is 6.07 Å². The summed E-state index contributed by atoms with van der Waals surface area (Å²) < 4.78 is 41.2. The fraction of sp³-hybridized carbons (Fsp3) is 0.364. The van der Waals surface area contributed by atoms with Crippen molar-refractivity contribution in [1.82, 2.24) is 34.9 Å². The molecule has 10 nitrogen and oxygen atoms in total. The number of piperidine rings is 1. The predicted octanol–water partition coefficient (Wildman–Crippen LogP) is 5.84. The number of anilines is 1. The Morgan fingerprint density at radius 3 is 2.85 bits per heavy atom. The number of hydrogen-bond donors (Lipinski definition) is 3. The van der Waals surface area contributed by atoms with Gasteiger partial charge in [-0.1, -0.05) is 12.6 Å². The van der Waals surface area contributed by atoms with Gasteiger partial charge in [-0.2, -0.15) is 23.5 Å². The lowest BCUT2D eigenvalue weighted by Crippen LogP contribution is -2.47. The lowest BCUT2D eigenvalue weighted by Gasteiger charge is -2.40. The van der Waals surface area contributed by atoms with E-state index in [1.165, 1.54) is 18.5 Å². The number of fused-ring (bicyclic) bond motifs is 2. The van der Waals surface area contributed by atoms with E-state index >= 15 is 0 Å². The van der Waals surface area contributed by atoms with Gasteiger partial charge in [-0.15, -0.1) is 11.3 Å². The minimum atomic E-state index is -4.30. The van der Waals surface area contributed by atoms with Crippen LogP contribution in [0.4, 0.5) is 19.0 Å². The van der Waals surface area contributed by atoms with Gasteiger partial charge < -0.3 is 15.2 Å². The average molecular weight is 662 g/mol. The van der Waals surface area contributed by atoms with E-state index in [4.69, 9.17) is 0 Å². The maximum Gasteiger partial charge on any atom is 0.393 e. The third-order valence-electron chi connectivity index (χ3n) is 8.75. The van der Waals surface area contributed by atoms with Crippen molar-refractivity contribution in [2.75, 3.05) is 18.4 Å². The Hall–Kier alpha value is -4.74. The summed E-state index contributed by atoms with van der Waals surface area (Å²) in [5.41, 5.74) is 4.81. The average Bonchev–Trinajstić information content (AvgIpc) is 3.78. The second kappa shape index (κ2) is 13.5. The fourth-order valence-corrected chi connectivity index (χ4v) is 7.42. The van der Waals surface area contributed by atoms with Gasteiger partial charge in [-0.05, 0) is 61.6 Å². The first-order valence-corrected chi connectivity index (χ1v) is 16.1. The molecular formula is C33H34F3N9OS. The Bertz CT molecular complexity index is 1940. The number of rotatable bonds is 11. The monoisotopic (exact) mass is 661 g/mol. The number of amides is 1. The molecule has 1 aliphatic heterocycles. The number of H-pyrrole nitrogens is 1. The number of thiophene rings is 1. The molecule has 0 bridgehead atoms. The maximum absolute atomic E-state index is 13.1. The zero-order chi connectivity index (χ0) is 33.1. The van der Waals surface area contributed by atoms with Gasteiger partial charge in [0.05, 0.1) is 24.5 Å². The predicted molar refractivity (Wildman–Crippen MR) is 175 cm³/mol. The van der Waals surface area contributed by atoms with Crippen LogP contribution in [0.5, 0.6) is 0 Å². The molecule has 244 valence electrons. The maximum atomic E-state index is 13.1. The number of nitrogens with one attached hydrogen (secondary N) is 3. The van der Waals surface area contributed by atoms with E-state index in [9.17, 15) is 23.2 Å². The van der Waals surface area contributed by atoms with Crippen LogP contribution in [-0.4, -0.2) is 66.9 Å². The summed E-state index contributed by atoms with van der Waals surface area (Å²) in [6.07, 6.45) is 3.16. The summed E-state index contributed by atoms with van der Waals surface area (Å²) in [5.74, 6) is 0.304. The second-order valence-corrected chi connectivity index (χ2v) is 13.0. The van der Waals surface area contributed by atoms with E-state index in [1.807, 2.05) is 16.8 Å². The molecule has 1 amide bonds. The van der Waals surface area contributed by atoms with Crippen LogP contribution in [0.1, 0.15) is 46.5 Å². The molecule has 14 heteroatoms. The molecule has 3 N–H and O–H groups in total. The van der Waals surface area contributed by atoms with Crippen molar-refractivity contribution in [3.05, 3.63) is 82.9 Å². The van der Waals surface area contributed by atoms with Crippen LogP contribution in [0.3, 0.4) is 0 Å². The Balaban J connectivity index is 1.21. The van der Waals surface area contributed by atoms with Gasteiger partial charge in [0.25, 0.3) is 0 Å². The summed E-state index contributed by atoms with van der Waals surface area (Å²) >= 11 is 1.03. The Kier molecular flexibility index (Phi) is 9.28. The molecule has 0 spiro atoms. The smallest absolute Gasteiger partial charge is 0.367 e. The van der Waals surface area contributed by atoms with Crippen LogP contribution in [0.2, 0.25) is 0 Å². The van der Waals surface area contributed by atoms with Crippen molar-refractivity contribution in [2.45, 2.75) is 64.0 Å². The highest BCUT2D eigenvalue weighted by atomic mass is 32.1. The Labute approximate surface area is 273 Å². The first kappa shape index (κ1) is 32.2. The zero-order valence-electron chi connectivity index (χ0n) is 25.8. The SMILES string of the molecule is C=CC(=O)NCCC1CC(Nc2ncnc3sc(CC(F)(F)F)cc23)CCN1Cc1ccc2c(cc(C#N)n2Cc2cn[nH]c2)c1C. The number of carbonyl (C=O) groups excluding carboxylic acids is 1. The third kappa shape index (κ3) is 7.31. The minimum Gasteiger partial charge on any atom is -0.367 e. The van der Waals surface area contributed by atoms with Crippen molar-refractivity contribution >= 4 is 44.2 Å². The van der Waals surface area contributed by atoms with Crippen LogP contribution in [0, 0.1) is 18.3 Å². The van der Waals surface area contributed by atoms with Crippen molar-refractivity contribution in [3.63, 3.8) is 0 Å². The molecule has 6 rings (SSSR count). The van der Waals surface area contributed by atoms with Crippen molar-refractivity contribution in [1.29, 1.82) is 5.26 Å². The molecule has 5 aromatic rings. The Morgan fingerprint density at radius 1 is 1.26 bits per heavy atom. The molecule has 2 unspecified atom stereocenters. The number of carbonyl (C=O) groups is 1. The van der Waals surface area contributed by atoms with Gasteiger partial charge in [0.1, 0.15) is 28.7 Å². The number of hydrogen-bond acceptors (Lipinski definition) is 8. The minimum absolute atomic E-state index is 0.0224. The van der Waals surface area contributed by atoms with Gasteiger partial charge in [-0.25, -0.2) is 9.97 Å². The van der Waals surface area contributed by atoms with Crippen molar-refractivity contribution in [2.24, 2.45) is 0 Å². The Morgan fingerprint density at radius 2 is 2.11 bits per heavy atom. The highest BCUT2D eigenvalue weighted by molar-refractivity contribution is 7.18. The first-order valence-electron chi connectivity index (χ1n) is 15.3. The number of aryl methyl sites for hydroxylation is 1. The normalized spacial score (nSPS) is 17.2. The van der Waals surface area contributed by atoms with E-state index in [1.54, 1.807) is 6.20 Å². The summed E-state index contributed by atoms with van der Waals surface area (Å²) in [7, 11) is 0. The van der Waals surface area contributed by atoms with Crippen LogP contribution < -0.4 is 10.6 Å². The molecule has 4 aromatic heterocycles. The molecule has 47 heavy (non-hydrogen) atoms. The summed E-state index contributed by atoms with van der Waals surface area (Å²) in [4.78, 5) is 23.6. The first-order chi connectivity index (χ1) is 22.6. The number of nitrogens with zero attached hydrogens (tertiary/aromatic N) is 6. The largest absolute Gasteiger partial charge is 0.393 e. The molecule has 0 aliphatic carbocycles. The lowest BCUT2D eigenvalue weighted by atomic mass is 9.93. The number of benzene rings is 1. The second-order valence-electron chi connectivity index (χ2n) is 11.8. The number of aromatic nitrogens is 5. The molecule has 1 saturated heterocycles. The quantitative estimate of drug-likeness (QED) is 0.152. The van der Waals surface area contributed by atoms with Gasteiger partial charge in [0.2, 0.25) is 5.91 Å².